The number of ether oxygens (including phenoxy) is 2. The van der Waals surface area contributed by atoms with Crippen LogP contribution >= 0.6 is 0 Å². The third-order valence-electron chi connectivity index (χ3n) is 4.04. The summed E-state index contributed by atoms with van der Waals surface area (Å²) in [7, 11) is -3.33. The fraction of sp³-hybridized carbons (Fsp3) is 0.368. The Morgan fingerprint density at radius 2 is 1.92 bits per heavy atom. The van der Waals surface area contributed by atoms with E-state index in [1.165, 1.54) is 6.26 Å². The molecule has 134 valence electrons. The van der Waals surface area contributed by atoms with Gasteiger partial charge in [0, 0.05) is 12.0 Å². The number of rotatable bonds is 5. The average Bonchev–Trinajstić information content (AvgIpc) is 2.52. The van der Waals surface area contributed by atoms with Crippen LogP contribution in [0.5, 0.6) is 11.5 Å². The van der Waals surface area contributed by atoms with Crippen LogP contribution < -0.4 is 14.2 Å². The Kier molecular flexibility index (Phi) is 4.75. The molecule has 0 saturated heterocycles. The van der Waals surface area contributed by atoms with Gasteiger partial charge in [0.25, 0.3) is 0 Å². The fourth-order valence-corrected chi connectivity index (χ4v) is 3.75. The number of hydrogen-bond acceptors (Lipinski definition) is 4. The minimum atomic E-state index is -3.33. The SMILES string of the molecule is CC1(C)CC(NS(C)(=O)=O)c2cc(OCc3ccccc3)ccc2O1. The molecule has 1 unspecified atom stereocenters. The van der Waals surface area contributed by atoms with E-state index < -0.39 is 15.6 Å². The van der Waals surface area contributed by atoms with Crippen molar-refractivity contribution in [2.45, 2.75) is 38.5 Å². The van der Waals surface area contributed by atoms with E-state index in [0.29, 0.717) is 24.5 Å². The summed E-state index contributed by atoms with van der Waals surface area (Å²) in [6.45, 7) is 4.36. The molecule has 0 amide bonds. The zero-order valence-corrected chi connectivity index (χ0v) is 15.5. The predicted octanol–water partition coefficient (Wildman–Crippen LogP) is 3.42. The fourth-order valence-electron chi connectivity index (χ4n) is 3.03. The van der Waals surface area contributed by atoms with Crippen molar-refractivity contribution in [3.63, 3.8) is 0 Å². The highest BCUT2D eigenvalue weighted by Gasteiger charge is 2.35. The van der Waals surface area contributed by atoms with Crippen LogP contribution in [0.25, 0.3) is 0 Å². The van der Waals surface area contributed by atoms with Crippen LogP contribution in [-0.4, -0.2) is 20.3 Å². The zero-order valence-electron chi connectivity index (χ0n) is 14.7. The lowest BCUT2D eigenvalue weighted by Crippen LogP contribution is -2.41. The molecule has 1 heterocycles. The van der Waals surface area contributed by atoms with Crippen molar-refractivity contribution < 1.29 is 17.9 Å². The van der Waals surface area contributed by atoms with Gasteiger partial charge in [-0.25, -0.2) is 13.1 Å². The van der Waals surface area contributed by atoms with Gasteiger partial charge in [0.15, 0.2) is 0 Å². The molecule has 2 aromatic rings. The molecule has 6 heteroatoms. The summed E-state index contributed by atoms with van der Waals surface area (Å²) in [6, 6.07) is 15.1. The summed E-state index contributed by atoms with van der Waals surface area (Å²) in [5, 5.41) is 0. The summed E-state index contributed by atoms with van der Waals surface area (Å²) in [6.07, 6.45) is 1.72. The molecule has 25 heavy (non-hydrogen) atoms. The number of sulfonamides is 1. The van der Waals surface area contributed by atoms with Gasteiger partial charge in [-0.3, -0.25) is 0 Å². The second-order valence-electron chi connectivity index (χ2n) is 6.98. The van der Waals surface area contributed by atoms with Crippen molar-refractivity contribution in [3.05, 3.63) is 59.7 Å². The highest BCUT2D eigenvalue weighted by Crippen LogP contribution is 2.41. The minimum Gasteiger partial charge on any atom is -0.489 e. The first-order valence-corrected chi connectivity index (χ1v) is 10.1. The normalized spacial score (nSPS) is 18.9. The summed E-state index contributed by atoms with van der Waals surface area (Å²) >= 11 is 0. The van der Waals surface area contributed by atoms with E-state index in [9.17, 15) is 8.42 Å². The molecule has 0 aromatic heterocycles. The Balaban J connectivity index is 1.84. The van der Waals surface area contributed by atoms with Gasteiger partial charge in [-0.15, -0.1) is 0 Å². The highest BCUT2D eigenvalue weighted by atomic mass is 32.2. The molecule has 1 N–H and O–H groups in total. The quantitative estimate of drug-likeness (QED) is 0.886. The average molecular weight is 361 g/mol. The molecule has 1 atom stereocenters. The van der Waals surface area contributed by atoms with Crippen LogP contribution in [0.4, 0.5) is 0 Å². The molecule has 0 bridgehead atoms. The van der Waals surface area contributed by atoms with Crippen LogP contribution in [0.1, 0.15) is 37.4 Å². The molecule has 0 aliphatic carbocycles. The van der Waals surface area contributed by atoms with Crippen molar-refractivity contribution in [1.82, 2.24) is 4.72 Å². The van der Waals surface area contributed by atoms with Crippen LogP contribution in [0.15, 0.2) is 48.5 Å². The van der Waals surface area contributed by atoms with E-state index in [-0.39, 0.29) is 6.04 Å². The second kappa shape index (κ2) is 6.69. The molecule has 3 rings (SSSR count). The first-order chi connectivity index (χ1) is 11.7. The van der Waals surface area contributed by atoms with Crippen molar-refractivity contribution in [1.29, 1.82) is 0 Å². The van der Waals surface area contributed by atoms with Gasteiger partial charge in [0.05, 0.1) is 12.3 Å². The molecule has 0 radical (unpaired) electrons. The van der Waals surface area contributed by atoms with E-state index in [1.54, 1.807) is 0 Å². The summed E-state index contributed by atoms with van der Waals surface area (Å²) in [4.78, 5) is 0. The van der Waals surface area contributed by atoms with Crippen molar-refractivity contribution in [2.75, 3.05) is 6.26 Å². The van der Waals surface area contributed by atoms with Crippen LogP contribution in [0, 0.1) is 0 Å². The van der Waals surface area contributed by atoms with Gasteiger partial charge >= 0.3 is 0 Å². The summed E-state index contributed by atoms with van der Waals surface area (Å²) in [5.41, 5.74) is 1.43. The smallest absolute Gasteiger partial charge is 0.209 e. The lowest BCUT2D eigenvalue weighted by atomic mass is 9.90. The predicted molar refractivity (Wildman–Crippen MR) is 97.3 cm³/mol. The first kappa shape index (κ1) is 17.8. The Bertz CT molecular complexity index is 847. The molecule has 0 spiro atoms. The van der Waals surface area contributed by atoms with Crippen LogP contribution in [-0.2, 0) is 16.6 Å². The maximum absolute atomic E-state index is 11.7. The minimum absolute atomic E-state index is 0.339. The third-order valence-corrected chi connectivity index (χ3v) is 4.76. The third kappa shape index (κ3) is 4.74. The van der Waals surface area contributed by atoms with Crippen molar-refractivity contribution >= 4 is 10.0 Å². The zero-order chi connectivity index (χ0) is 18.1. The summed E-state index contributed by atoms with van der Waals surface area (Å²) in [5.74, 6) is 1.37. The molecule has 1 aliphatic heterocycles. The Morgan fingerprint density at radius 1 is 1.20 bits per heavy atom. The highest BCUT2D eigenvalue weighted by molar-refractivity contribution is 7.88. The van der Waals surface area contributed by atoms with E-state index >= 15 is 0 Å². The van der Waals surface area contributed by atoms with E-state index in [2.05, 4.69) is 4.72 Å². The topological polar surface area (TPSA) is 64.6 Å². The molecular formula is C19H23NO4S. The summed E-state index contributed by atoms with van der Waals surface area (Å²) < 4.78 is 38.0. The van der Waals surface area contributed by atoms with Gasteiger partial charge in [0.1, 0.15) is 23.7 Å². The van der Waals surface area contributed by atoms with E-state index in [0.717, 1.165) is 11.1 Å². The van der Waals surface area contributed by atoms with Crippen LogP contribution in [0.3, 0.4) is 0 Å². The van der Waals surface area contributed by atoms with Gasteiger partial charge in [-0.05, 0) is 37.6 Å². The Morgan fingerprint density at radius 3 is 2.60 bits per heavy atom. The lowest BCUT2D eigenvalue weighted by Gasteiger charge is -2.37. The van der Waals surface area contributed by atoms with Crippen molar-refractivity contribution in [3.8, 4) is 11.5 Å². The largest absolute Gasteiger partial charge is 0.489 e. The maximum Gasteiger partial charge on any atom is 0.209 e. The van der Waals surface area contributed by atoms with E-state index in [1.807, 2.05) is 62.4 Å². The number of fused-ring (bicyclic) bond motifs is 1. The molecule has 1 aliphatic rings. The van der Waals surface area contributed by atoms with Crippen LogP contribution in [0.2, 0.25) is 0 Å². The van der Waals surface area contributed by atoms with Gasteiger partial charge in [0.2, 0.25) is 10.0 Å². The molecule has 2 aromatic carbocycles. The first-order valence-electron chi connectivity index (χ1n) is 8.19. The number of nitrogens with one attached hydrogen (secondary N) is 1. The second-order valence-corrected chi connectivity index (χ2v) is 8.76. The van der Waals surface area contributed by atoms with Crippen molar-refractivity contribution in [2.24, 2.45) is 0 Å². The van der Waals surface area contributed by atoms with Gasteiger partial charge in [-0.1, -0.05) is 30.3 Å². The number of benzene rings is 2. The molecule has 0 fully saturated rings. The Labute approximate surface area is 149 Å². The molecular weight excluding hydrogens is 338 g/mol. The standard InChI is InChI=1S/C19H23NO4S/c1-19(2)12-17(20-25(3,21)22)16-11-15(9-10-18(16)24-19)23-13-14-7-5-4-6-8-14/h4-11,17,20H,12-13H2,1-3H3. The molecule has 5 nitrogen and oxygen atoms in total. The maximum atomic E-state index is 11.7. The molecule has 0 saturated carbocycles. The van der Waals surface area contributed by atoms with E-state index in [4.69, 9.17) is 9.47 Å². The van der Waals surface area contributed by atoms with Gasteiger partial charge < -0.3 is 9.47 Å². The lowest BCUT2D eigenvalue weighted by molar-refractivity contribution is 0.0699. The monoisotopic (exact) mass is 361 g/mol. The van der Waals surface area contributed by atoms with Gasteiger partial charge in [-0.2, -0.15) is 0 Å². The number of hydrogen-bond donors (Lipinski definition) is 1. The Hall–Kier alpha value is -2.05.